The first-order valence-electron chi connectivity index (χ1n) is 15.6. The van der Waals surface area contributed by atoms with Gasteiger partial charge in [-0.15, -0.1) is 0 Å². The van der Waals surface area contributed by atoms with Gasteiger partial charge in [0.1, 0.15) is 29.6 Å². The number of ether oxygens (including phenoxy) is 1. The number of rotatable bonds is 8. The molecular weight excluding hydrogens is 604 g/mol. The zero-order valence-corrected chi connectivity index (χ0v) is 26.0. The second kappa shape index (κ2) is 14.2. The maximum Gasteiger partial charge on any atom is 0.345 e. The fraction of sp³-hybridized carbons (Fsp3) is 0.382. The lowest BCUT2D eigenvalue weighted by Crippen LogP contribution is -2.50. The number of halogens is 2. The summed E-state index contributed by atoms with van der Waals surface area (Å²) in [6, 6.07) is 16.6. The number of benzene rings is 2. The van der Waals surface area contributed by atoms with Crippen molar-refractivity contribution in [3.8, 4) is 23.6 Å². The van der Waals surface area contributed by atoms with Crippen molar-refractivity contribution in [1.29, 1.82) is 5.26 Å². The van der Waals surface area contributed by atoms with E-state index in [9.17, 15) is 18.8 Å². The van der Waals surface area contributed by atoms with Crippen molar-refractivity contribution in [1.82, 2.24) is 29.3 Å². The Morgan fingerprint density at radius 1 is 1.06 bits per heavy atom. The molecule has 2 aromatic carbocycles. The van der Waals surface area contributed by atoms with Gasteiger partial charge in [0, 0.05) is 44.3 Å². The van der Waals surface area contributed by atoms with Crippen LogP contribution in [0, 0.1) is 23.2 Å². The molecule has 6 rings (SSSR count). The summed E-state index contributed by atoms with van der Waals surface area (Å²) in [7, 11) is 0. The predicted octanol–water partition coefficient (Wildman–Crippen LogP) is 3.57. The van der Waals surface area contributed by atoms with Crippen molar-refractivity contribution >= 4 is 22.5 Å². The molecule has 2 saturated heterocycles. The third-order valence-electron chi connectivity index (χ3n) is 8.75. The maximum atomic E-state index is 14.5. The highest BCUT2D eigenvalue weighted by Gasteiger charge is 2.34. The molecule has 0 radical (unpaired) electrons. The highest BCUT2D eigenvalue weighted by molar-refractivity contribution is 5.85. The summed E-state index contributed by atoms with van der Waals surface area (Å²) in [6.07, 6.45) is 2.85. The predicted molar refractivity (Wildman–Crippen MR) is 174 cm³/mol. The number of anilines is 2. The van der Waals surface area contributed by atoms with E-state index in [1.807, 2.05) is 60.4 Å². The molecule has 2 aliphatic rings. The number of nitriles is 1. The molecule has 2 aliphatic heterocycles. The number of nitrogens with zero attached hydrogens (tertiary/aromatic N) is 8. The van der Waals surface area contributed by atoms with E-state index in [-0.39, 0.29) is 35.6 Å². The topological polar surface area (TPSA) is 129 Å². The highest BCUT2D eigenvalue weighted by atomic mass is 19.3. The van der Waals surface area contributed by atoms with Gasteiger partial charge in [-0.1, -0.05) is 36.1 Å². The van der Waals surface area contributed by atoms with Gasteiger partial charge >= 0.3 is 6.61 Å². The molecular formula is C34H35F2N9O2. The van der Waals surface area contributed by atoms with Crippen LogP contribution in [0.25, 0.3) is 16.6 Å². The van der Waals surface area contributed by atoms with Crippen LogP contribution in [0.4, 0.5) is 20.4 Å². The Balaban J connectivity index is 1.32. The van der Waals surface area contributed by atoms with Crippen molar-refractivity contribution in [2.24, 2.45) is 0 Å². The van der Waals surface area contributed by atoms with E-state index >= 15 is 0 Å². The molecule has 4 aromatic rings. The van der Waals surface area contributed by atoms with Crippen molar-refractivity contribution in [3.63, 3.8) is 0 Å². The van der Waals surface area contributed by atoms with E-state index in [1.165, 1.54) is 6.33 Å². The van der Waals surface area contributed by atoms with Gasteiger partial charge in [-0.3, -0.25) is 19.2 Å². The van der Waals surface area contributed by atoms with Gasteiger partial charge in [0.25, 0.3) is 5.56 Å². The molecule has 0 amide bonds. The molecule has 4 heterocycles. The van der Waals surface area contributed by atoms with Gasteiger partial charge in [-0.25, -0.2) is 15.0 Å². The van der Waals surface area contributed by atoms with Gasteiger partial charge in [0.05, 0.1) is 35.8 Å². The van der Waals surface area contributed by atoms with Gasteiger partial charge in [0.15, 0.2) is 5.82 Å². The van der Waals surface area contributed by atoms with Crippen molar-refractivity contribution in [2.75, 3.05) is 56.5 Å². The largest absolute Gasteiger partial charge is 0.382 e. The number of hydrogen-bond acceptors (Lipinski definition) is 10. The number of aromatic nitrogens is 4. The summed E-state index contributed by atoms with van der Waals surface area (Å²) in [6.45, 7) is 3.19. The van der Waals surface area contributed by atoms with Crippen molar-refractivity contribution < 1.29 is 13.5 Å². The Morgan fingerprint density at radius 3 is 2.60 bits per heavy atom. The summed E-state index contributed by atoms with van der Waals surface area (Å²) < 4.78 is 31.0. The molecule has 0 saturated carbocycles. The van der Waals surface area contributed by atoms with E-state index < -0.39 is 6.61 Å². The molecule has 0 aliphatic carbocycles. The fourth-order valence-corrected chi connectivity index (χ4v) is 6.33. The van der Waals surface area contributed by atoms with Gasteiger partial charge in [-0.2, -0.15) is 14.0 Å². The lowest BCUT2D eigenvalue weighted by atomic mass is 10.1. The Hall–Kier alpha value is -4.95. The molecule has 2 aromatic heterocycles. The summed E-state index contributed by atoms with van der Waals surface area (Å²) in [5, 5.41) is 10.3. The molecule has 1 unspecified atom stereocenters. The molecule has 13 heteroatoms. The van der Waals surface area contributed by atoms with Gasteiger partial charge in [-0.05, 0) is 44.0 Å². The first-order valence-corrected chi connectivity index (χ1v) is 15.6. The molecule has 47 heavy (non-hydrogen) atoms. The summed E-state index contributed by atoms with van der Waals surface area (Å²) in [5.41, 5.74) is 7.79. The van der Waals surface area contributed by atoms with Crippen LogP contribution in [0.5, 0.6) is 0 Å². The Bertz CT molecular complexity index is 1890. The van der Waals surface area contributed by atoms with E-state index in [4.69, 9.17) is 10.7 Å². The molecule has 242 valence electrons. The number of fused-ring (bicyclic) bond motifs is 1. The summed E-state index contributed by atoms with van der Waals surface area (Å²) >= 11 is 0. The second-order valence-electron chi connectivity index (χ2n) is 11.6. The molecule has 11 nitrogen and oxygen atoms in total. The monoisotopic (exact) mass is 639 g/mol. The van der Waals surface area contributed by atoms with Crippen LogP contribution < -0.4 is 16.2 Å². The van der Waals surface area contributed by atoms with Crippen LogP contribution in [0.2, 0.25) is 0 Å². The van der Waals surface area contributed by atoms with E-state index in [0.29, 0.717) is 53.3 Å². The number of nitrogen functional groups attached to an aromatic ring is 1. The second-order valence-corrected chi connectivity index (χ2v) is 11.6. The standard InChI is InChI=1S/C34H35F2N9O2/c1-23(21-47-34(35)36)43-18-16-42(17-19-43)14-6-9-24-8-5-12-27-29(24)33(46)45(25-10-3-2-4-11-25)32(41-27)28-13-7-15-44(28)31-26(20-37)30(38)39-22-40-31/h2-5,8,10-12,22-23,28,34H,7,13-19,21H2,1H3,(H2,38,39,40)/t23?,28-/m0/s1. The minimum atomic E-state index is -2.76. The minimum absolute atomic E-state index is 0.0102. The van der Waals surface area contributed by atoms with Crippen molar-refractivity contribution in [2.45, 2.75) is 38.5 Å². The number of alkyl halides is 2. The maximum absolute atomic E-state index is 14.5. The zero-order chi connectivity index (χ0) is 32.9. The lowest BCUT2D eigenvalue weighted by molar-refractivity contribution is -0.141. The fourth-order valence-electron chi connectivity index (χ4n) is 6.33. The third-order valence-corrected chi connectivity index (χ3v) is 8.75. The van der Waals surface area contributed by atoms with Crippen LogP contribution in [-0.2, 0) is 4.74 Å². The van der Waals surface area contributed by atoms with Crippen LogP contribution in [0.1, 0.15) is 42.8 Å². The molecule has 2 N–H and O–H groups in total. The molecule has 0 spiro atoms. The SMILES string of the molecule is CC(COC(F)F)N1CCN(CC#Cc2cccc3nc([C@@H]4CCCN4c4ncnc(N)c4C#N)n(-c4ccccc4)c(=O)c23)CC1. The zero-order valence-electron chi connectivity index (χ0n) is 26.0. The van der Waals surface area contributed by atoms with Gasteiger partial charge < -0.3 is 15.4 Å². The number of nitrogens with two attached hydrogens (primary N) is 1. The smallest absolute Gasteiger partial charge is 0.345 e. The quantitative estimate of drug-likeness (QED) is 0.286. The lowest BCUT2D eigenvalue weighted by Gasteiger charge is -2.37. The first-order chi connectivity index (χ1) is 22.9. The van der Waals surface area contributed by atoms with Crippen LogP contribution in [-0.4, -0.2) is 87.8 Å². The van der Waals surface area contributed by atoms with E-state index in [2.05, 4.69) is 42.4 Å². The van der Waals surface area contributed by atoms with Crippen molar-refractivity contribution in [3.05, 3.63) is 82.2 Å². The van der Waals surface area contributed by atoms with E-state index in [1.54, 1.807) is 4.57 Å². The summed E-state index contributed by atoms with van der Waals surface area (Å²) in [5.74, 6) is 7.54. The normalized spacial score (nSPS) is 17.9. The van der Waals surface area contributed by atoms with Crippen LogP contribution in [0.3, 0.4) is 0 Å². The van der Waals surface area contributed by atoms with Gasteiger partial charge in [0.2, 0.25) is 0 Å². The highest BCUT2D eigenvalue weighted by Crippen LogP contribution is 2.37. The minimum Gasteiger partial charge on any atom is -0.382 e. The van der Waals surface area contributed by atoms with Crippen LogP contribution >= 0.6 is 0 Å². The molecule has 2 atom stereocenters. The Kier molecular flexibility index (Phi) is 9.68. The third kappa shape index (κ3) is 6.79. The first kappa shape index (κ1) is 32.0. The number of piperazine rings is 1. The Morgan fingerprint density at radius 2 is 1.85 bits per heavy atom. The van der Waals surface area contributed by atoms with Crippen LogP contribution in [0.15, 0.2) is 59.7 Å². The number of hydrogen-bond donors (Lipinski definition) is 1. The summed E-state index contributed by atoms with van der Waals surface area (Å²) in [4.78, 5) is 34.3. The molecule has 0 bridgehead atoms. The average Bonchev–Trinajstić information content (AvgIpc) is 3.57. The Labute approximate surface area is 271 Å². The van der Waals surface area contributed by atoms with E-state index in [0.717, 1.165) is 32.6 Å². The average molecular weight is 640 g/mol. The molecule has 2 fully saturated rings. The number of para-hydroxylation sites is 1.